The smallest absolute Gasteiger partial charge is 0.302 e. The number of carbonyl (C=O) groups excluding carboxylic acids is 1. The summed E-state index contributed by atoms with van der Waals surface area (Å²) in [6, 6.07) is 5.92. The summed E-state index contributed by atoms with van der Waals surface area (Å²) in [4.78, 5) is 14.9. The molecule has 0 aromatic carbocycles. The molecule has 0 radical (unpaired) electrons. The molecule has 0 unspecified atom stereocenters. The standard InChI is InChI=1S/C14H16N2O2/c1-12(17)18-10-6-2-3-7-13-11-15-14-8-4-5-9-16(13)14/h3-5,7-9,11H,2,6,10H2,1H3/b7-3+. The minimum atomic E-state index is -0.222. The maximum absolute atomic E-state index is 10.6. The van der Waals surface area contributed by atoms with E-state index in [0.717, 1.165) is 24.2 Å². The van der Waals surface area contributed by atoms with Crippen LogP contribution in [0.5, 0.6) is 0 Å². The van der Waals surface area contributed by atoms with Crippen molar-refractivity contribution < 1.29 is 9.53 Å². The average molecular weight is 244 g/mol. The van der Waals surface area contributed by atoms with Crippen LogP contribution in [0.25, 0.3) is 11.7 Å². The number of imidazole rings is 1. The van der Waals surface area contributed by atoms with Crippen LogP contribution in [0.3, 0.4) is 0 Å². The Morgan fingerprint density at radius 3 is 3.22 bits per heavy atom. The van der Waals surface area contributed by atoms with Crippen molar-refractivity contribution in [3.63, 3.8) is 0 Å². The molecule has 2 heterocycles. The van der Waals surface area contributed by atoms with Crippen molar-refractivity contribution in [1.82, 2.24) is 9.38 Å². The third-order valence-corrected chi connectivity index (χ3v) is 2.55. The summed E-state index contributed by atoms with van der Waals surface area (Å²) >= 11 is 0. The number of allylic oxidation sites excluding steroid dienone is 1. The highest BCUT2D eigenvalue weighted by Gasteiger charge is 1.97. The first kappa shape index (κ1) is 12.4. The van der Waals surface area contributed by atoms with E-state index in [1.54, 1.807) is 0 Å². The summed E-state index contributed by atoms with van der Waals surface area (Å²) in [6.07, 6.45) is 9.66. The third kappa shape index (κ3) is 3.20. The van der Waals surface area contributed by atoms with Crippen LogP contribution in [0.4, 0.5) is 0 Å². The Hall–Kier alpha value is -2.10. The number of rotatable bonds is 5. The molecule has 0 aliphatic heterocycles. The largest absolute Gasteiger partial charge is 0.466 e. The van der Waals surface area contributed by atoms with Crippen LogP contribution in [-0.2, 0) is 9.53 Å². The second kappa shape index (κ2) is 6.00. The number of ether oxygens (including phenoxy) is 1. The molecule has 0 saturated heterocycles. The van der Waals surface area contributed by atoms with Crippen molar-refractivity contribution in [3.05, 3.63) is 42.4 Å². The van der Waals surface area contributed by atoms with Crippen LogP contribution in [-0.4, -0.2) is 22.0 Å². The highest BCUT2D eigenvalue weighted by atomic mass is 16.5. The van der Waals surface area contributed by atoms with Crippen LogP contribution in [0.15, 0.2) is 36.7 Å². The highest BCUT2D eigenvalue weighted by Crippen LogP contribution is 2.08. The van der Waals surface area contributed by atoms with Gasteiger partial charge in [-0.25, -0.2) is 4.98 Å². The van der Waals surface area contributed by atoms with Crippen LogP contribution < -0.4 is 0 Å². The highest BCUT2D eigenvalue weighted by molar-refractivity contribution is 5.65. The first-order valence-corrected chi connectivity index (χ1v) is 5.99. The number of esters is 1. The van der Waals surface area contributed by atoms with Crippen LogP contribution in [0, 0.1) is 0 Å². The first-order chi connectivity index (χ1) is 8.77. The van der Waals surface area contributed by atoms with E-state index >= 15 is 0 Å². The zero-order chi connectivity index (χ0) is 12.8. The molecule has 0 saturated carbocycles. The van der Waals surface area contributed by atoms with Crippen molar-refractivity contribution in [3.8, 4) is 0 Å². The quantitative estimate of drug-likeness (QED) is 0.600. The monoisotopic (exact) mass is 244 g/mol. The number of pyridine rings is 1. The molecule has 0 amide bonds. The van der Waals surface area contributed by atoms with E-state index < -0.39 is 0 Å². The predicted octanol–water partition coefficient (Wildman–Crippen LogP) is 2.69. The van der Waals surface area contributed by atoms with Crippen LogP contribution >= 0.6 is 0 Å². The predicted molar refractivity (Wildman–Crippen MR) is 70.1 cm³/mol. The fraction of sp³-hybridized carbons (Fsp3) is 0.286. The molecule has 94 valence electrons. The lowest BCUT2D eigenvalue weighted by Gasteiger charge is -1.98. The molecule has 0 aliphatic rings. The van der Waals surface area contributed by atoms with Crippen molar-refractivity contribution in [2.24, 2.45) is 0 Å². The summed E-state index contributed by atoms with van der Waals surface area (Å²) in [6.45, 7) is 1.90. The summed E-state index contributed by atoms with van der Waals surface area (Å²) in [5, 5.41) is 0. The Bertz CT molecular complexity index is 558. The maximum Gasteiger partial charge on any atom is 0.302 e. The van der Waals surface area contributed by atoms with Gasteiger partial charge in [0.2, 0.25) is 0 Å². The number of carbonyl (C=O) groups is 1. The summed E-state index contributed by atoms with van der Waals surface area (Å²) in [5.41, 5.74) is 2.00. The van der Waals surface area contributed by atoms with Gasteiger partial charge in [-0.1, -0.05) is 12.1 Å². The Morgan fingerprint density at radius 1 is 1.50 bits per heavy atom. The van der Waals surface area contributed by atoms with Gasteiger partial charge >= 0.3 is 5.97 Å². The van der Waals surface area contributed by atoms with Gasteiger partial charge < -0.3 is 9.14 Å². The molecule has 4 heteroatoms. The fourth-order valence-electron chi connectivity index (χ4n) is 1.70. The molecule has 2 aromatic heterocycles. The van der Waals surface area contributed by atoms with Crippen molar-refractivity contribution in [2.45, 2.75) is 19.8 Å². The molecule has 18 heavy (non-hydrogen) atoms. The number of fused-ring (bicyclic) bond motifs is 1. The molecule has 0 bridgehead atoms. The van der Waals surface area contributed by atoms with Gasteiger partial charge in [0.05, 0.1) is 18.5 Å². The Kier molecular flexibility index (Phi) is 4.12. The number of hydrogen-bond donors (Lipinski definition) is 0. The van der Waals surface area contributed by atoms with E-state index in [0.29, 0.717) is 6.61 Å². The topological polar surface area (TPSA) is 43.6 Å². The van der Waals surface area contributed by atoms with Gasteiger partial charge in [-0.15, -0.1) is 0 Å². The maximum atomic E-state index is 10.6. The Balaban J connectivity index is 1.87. The second-order valence-corrected chi connectivity index (χ2v) is 4.00. The van der Waals surface area contributed by atoms with E-state index in [2.05, 4.69) is 11.1 Å². The van der Waals surface area contributed by atoms with Gasteiger partial charge in [0.1, 0.15) is 5.65 Å². The SMILES string of the molecule is CC(=O)OCCC/C=C/c1cnc2ccccn12. The fourth-order valence-corrected chi connectivity index (χ4v) is 1.70. The minimum Gasteiger partial charge on any atom is -0.466 e. The lowest BCUT2D eigenvalue weighted by atomic mass is 10.3. The number of nitrogens with zero attached hydrogens (tertiary/aromatic N) is 2. The molecule has 2 rings (SSSR count). The molecule has 0 atom stereocenters. The second-order valence-electron chi connectivity index (χ2n) is 4.00. The average Bonchev–Trinajstić information content (AvgIpc) is 2.77. The Morgan fingerprint density at radius 2 is 2.39 bits per heavy atom. The minimum absolute atomic E-state index is 0.222. The van der Waals surface area contributed by atoms with E-state index in [-0.39, 0.29) is 5.97 Å². The van der Waals surface area contributed by atoms with Crippen molar-refractivity contribution >= 4 is 17.7 Å². The molecule has 0 N–H and O–H groups in total. The van der Waals surface area contributed by atoms with Gasteiger partial charge in [-0.05, 0) is 31.1 Å². The molecule has 4 nitrogen and oxygen atoms in total. The van der Waals surface area contributed by atoms with E-state index in [1.807, 2.05) is 41.1 Å². The van der Waals surface area contributed by atoms with E-state index in [9.17, 15) is 4.79 Å². The summed E-state index contributed by atoms with van der Waals surface area (Å²) in [5.74, 6) is -0.222. The van der Waals surface area contributed by atoms with Gasteiger partial charge in [0.25, 0.3) is 0 Å². The molecular weight excluding hydrogens is 228 g/mol. The number of unbranched alkanes of at least 4 members (excludes halogenated alkanes) is 1. The molecule has 2 aromatic rings. The van der Waals surface area contributed by atoms with E-state index in [1.165, 1.54) is 6.92 Å². The summed E-state index contributed by atoms with van der Waals surface area (Å²) in [7, 11) is 0. The molecule has 0 fully saturated rings. The van der Waals surface area contributed by atoms with E-state index in [4.69, 9.17) is 4.74 Å². The number of aromatic nitrogens is 2. The number of hydrogen-bond acceptors (Lipinski definition) is 3. The molecular formula is C14H16N2O2. The van der Waals surface area contributed by atoms with Crippen LogP contribution in [0.2, 0.25) is 0 Å². The third-order valence-electron chi connectivity index (χ3n) is 2.55. The van der Waals surface area contributed by atoms with Gasteiger partial charge in [-0.2, -0.15) is 0 Å². The Labute approximate surface area is 106 Å². The molecule has 0 spiro atoms. The zero-order valence-corrected chi connectivity index (χ0v) is 10.4. The first-order valence-electron chi connectivity index (χ1n) is 5.99. The van der Waals surface area contributed by atoms with Gasteiger partial charge in [-0.3, -0.25) is 4.79 Å². The summed E-state index contributed by atoms with van der Waals surface area (Å²) < 4.78 is 6.89. The zero-order valence-electron chi connectivity index (χ0n) is 10.4. The molecule has 0 aliphatic carbocycles. The normalized spacial score (nSPS) is 11.2. The van der Waals surface area contributed by atoms with Gasteiger partial charge in [0, 0.05) is 13.1 Å². The lowest BCUT2D eigenvalue weighted by Crippen LogP contribution is -1.99. The lowest BCUT2D eigenvalue weighted by molar-refractivity contribution is -0.141. The van der Waals surface area contributed by atoms with Crippen molar-refractivity contribution in [2.75, 3.05) is 6.61 Å². The van der Waals surface area contributed by atoms with Crippen LogP contribution in [0.1, 0.15) is 25.5 Å². The van der Waals surface area contributed by atoms with Gasteiger partial charge in [0.15, 0.2) is 0 Å². The van der Waals surface area contributed by atoms with Crippen molar-refractivity contribution in [1.29, 1.82) is 0 Å².